The minimum absolute atomic E-state index is 0.748. The molecule has 0 saturated carbocycles. The average molecular weight is 354 g/mol. The van der Waals surface area contributed by atoms with Gasteiger partial charge in [-0.15, -0.1) is 0 Å². The zero-order valence-corrected chi connectivity index (χ0v) is 15.9. The van der Waals surface area contributed by atoms with Crippen LogP contribution in [0.15, 0.2) is 41.7 Å². The summed E-state index contributed by atoms with van der Waals surface area (Å²) in [5.41, 5.74) is 3.00. The van der Waals surface area contributed by atoms with E-state index in [1.54, 1.807) is 0 Å². The van der Waals surface area contributed by atoms with Gasteiger partial charge in [-0.3, -0.25) is 0 Å². The number of aliphatic imine (C=N–C) groups is 1. The number of hydrogen-bond donors (Lipinski definition) is 0. The van der Waals surface area contributed by atoms with E-state index in [0.717, 1.165) is 23.5 Å². The molecule has 0 fully saturated rings. The van der Waals surface area contributed by atoms with E-state index in [9.17, 15) is 0 Å². The van der Waals surface area contributed by atoms with Crippen LogP contribution in [0.3, 0.4) is 0 Å². The highest BCUT2D eigenvalue weighted by atomic mass is 32.1. The van der Waals surface area contributed by atoms with Gasteiger partial charge in [-0.1, -0.05) is 51.9 Å². The van der Waals surface area contributed by atoms with Crippen LogP contribution in [-0.2, 0) is 6.42 Å². The number of nitrogens with zero attached hydrogens (tertiary/aromatic N) is 3. The maximum absolute atomic E-state index is 4.61. The molecule has 0 unspecified atom stereocenters. The van der Waals surface area contributed by atoms with Gasteiger partial charge in [0.1, 0.15) is 0 Å². The van der Waals surface area contributed by atoms with Gasteiger partial charge in [-0.25, -0.2) is 9.97 Å². The molecule has 1 aromatic heterocycles. The van der Waals surface area contributed by atoms with Gasteiger partial charge in [-0.05, 0) is 54.9 Å². The summed E-state index contributed by atoms with van der Waals surface area (Å²) < 4.78 is 0. The van der Waals surface area contributed by atoms with Crippen molar-refractivity contribution in [3.8, 4) is 11.4 Å². The van der Waals surface area contributed by atoms with Gasteiger partial charge >= 0.3 is 0 Å². The molecule has 0 aliphatic carbocycles. The van der Waals surface area contributed by atoms with Crippen LogP contribution < -0.4 is 0 Å². The van der Waals surface area contributed by atoms with E-state index < -0.39 is 0 Å². The lowest BCUT2D eigenvalue weighted by molar-refractivity contribution is 0.575. The average Bonchev–Trinajstić information content (AvgIpc) is 2.65. The Morgan fingerprint density at radius 2 is 1.48 bits per heavy atom. The second kappa shape index (κ2) is 11.6. The second-order valence-corrected chi connectivity index (χ2v) is 6.57. The Hall–Kier alpha value is -1.90. The topological polar surface area (TPSA) is 38.1 Å². The molecule has 2 aromatic rings. The minimum Gasteiger partial charge on any atom is -0.236 e. The number of benzene rings is 1. The minimum atomic E-state index is 0.748. The van der Waals surface area contributed by atoms with Crippen LogP contribution in [0.2, 0.25) is 0 Å². The monoisotopic (exact) mass is 353 g/mol. The summed E-state index contributed by atoms with van der Waals surface area (Å²) in [6.45, 7) is 2.26. The lowest BCUT2D eigenvalue weighted by Gasteiger charge is -2.04. The molecule has 2 rings (SSSR count). The molecule has 0 aliphatic rings. The lowest BCUT2D eigenvalue weighted by atomic mass is 10.1. The van der Waals surface area contributed by atoms with E-state index in [1.165, 1.54) is 56.9 Å². The van der Waals surface area contributed by atoms with E-state index in [2.05, 4.69) is 39.3 Å². The first-order valence-electron chi connectivity index (χ1n) is 9.32. The highest BCUT2D eigenvalue weighted by Crippen LogP contribution is 2.19. The smallest absolute Gasteiger partial charge is 0.159 e. The predicted octanol–water partition coefficient (Wildman–Crippen LogP) is 6.56. The summed E-state index contributed by atoms with van der Waals surface area (Å²) in [4.78, 5) is 12.9. The van der Waals surface area contributed by atoms with Crippen LogP contribution in [-0.4, -0.2) is 15.1 Å². The second-order valence-electron chi connectivity index (χ2n) is 6.39. The molecular formula is C21H27N3S. The van der Waals surface area contributed by atoms with Gasteiger partial charge in [0.15, 0.2) is 5.82 Å². The molecule has 0 aliphatic heterocycles. The number of unbranched alkanes of at least 4 members (excludes halogenated alkanes) is 7. The Morgan fingerprint density at radius 1 is 0.880 bits per heavy atom. The van der Waals surface area contributed by atoms with Crippen LogP contribution in [0.4, 0.5) is 5.69 Å². The van der Waals surface area contributed by atoms with Crippen molar-refractivity contribution < 1.29 is 0 Å². The van der Waals surface area contributed by atoms with Crippen LogP contribution in [0, 0.1) is 0 Å². The zero-order valence-electron chi connectivity index (χ0n) is 15.1. The fraction of sp³-hybridized carbons (Fsp3) is 0.476. The number of thiocarbonyl (C=S) groups is 1. The first-order chi connectivity index (χ1) is 12.3. The summed E-state index contributed by atoms with van der Waals surface area (Å²) in [6.07, 6.45) is 15.7. The third-order valence-corrected chi connectivity index (χ3v) is 4.42. The maximum Gasteiger partial charge on any atom is 0.159 e. The van der Waals surface area contributed by atoms with Gasteiger partial charge in [-0.2, -0.15) is 4.99 Å². The third-order valence-electron chi connectivity index (χ3n) is 4.32. The molecule has 1 aromatic carbocycles. The lowest BCUT2D eigenvalue weighted by Crippen LogP contribution is -1.93. The number of aromatic nitrogens is 2. The van der Waals surface area contributed by atoms with E-state index in [-0.39, 0.29) is 0 Å². The molecule has 0 atom stereocenters. The van der Waals surface area contributed by atoms with Gasteiger partial charge in [0.2, 0.25) is 0 Å². The Morgan fingerprint density at radius 3 is 2.08 bits per heavy atom. The predicted molar refractivity (Wildman–Crippen MR) is 108 cm³/mol. The van der Waals surface area contributed by atoms with Crippen LogP contribution in [0.1, 0.15) is 63.9 Å². The highest BCUT2D eigenvalue weighted by molar-refractivity contribution is 7.78. The molecule has 0 saturated heterocycles. The number of rotatable bonds is 11. The van der Waals surface area contributed by atoms with Gasteiger partial charge < -0.3 is 0 Å². The molecule has 0 N–H and O–H groups in total. The Kier molecular flexibility index (Phi) is 9.03. The van der Waals surface area contributed by atoms with Crippen molar-refractivity contribution in [3.05, 3.63) is 42.2 Å². The van der Waals surface area contributed by atoms with Crippen molar-refractivity contribution in [1.82, 2.24) is 9.97 Å². The highest BCUT2D eigenvalue weighted by Gasteiger charge is 2.02. The van der Waals surface area contributed by atoms with Crippen molar-refractivity contribution in [2.24, 2.45) is 4.99 Å². The standard InChI is InChI=1S/C21H27N3S/c1-2-3-4-5-6-7-8-9-10-18-15-22-21(23-16-18)19-11-13-20(14-12-19)24-17-25/h11-16H,2-10H2,1H3. The number of hydrogen-bond acceptors (Lipinski definition) is 4. The van der Waals surface area contributed by atoms with Gasteiger partial charge in [0, 0.05) is 18.0 Å². The quantitative estimate of drug-likeness (QED) is 0.261. The van der Waals surface area contributed by atoms with Crippen molar-refractivity contribution in [1.29, 1.82) is 0 Å². The molecule has 3 nitrogen and oxygen atoms in total. The van der Waals surface area contributed by atoms with Crippen molar-refractivity contribution in [2.75, 3.05) is 0 Å². The van der Waals surface area contributed by atoms with E-state index in [1.807, 2.05) is 36.7 Å². The Labute approximate surface area is 156 Å². The van der Waals surface area contributed by atoms with Crippen LogP contribution >= 0.6 is 12.2 Å². The molecule has 0 bridgehead atoms. The zero-order chi connectivity index (χ0) is 17.7. The molecule has 0 amide bonds. The molecule has 132 valence electrons. The summed E-state index contributed by atoms with van der Waals surface area (Å²) in [5.74, 6) is 0.748. The van der Waals surface area contributed by atoms with Crippen molar-refractivity contribution in [2.45, 2.75) is 64.7 Å². The first-order valence-corrected chi connectivity index (χ1v) is 9.73. The summed E-state index contributed by atoms with van der Waals surface area (Å²) in [6, 6.07) is 7.71. The fourth-order valence-corrected chi connectivity index (χ4v) is 2.94. The molecule has 0 spiro atoms. The maximum atomic E-state index is 4.61. The van der Waals surface area contributed by atoms with E-state index >= 15 is 0 Å². The Bertz CT molecular complexity index is 659. The SMILES string of the molecule is CCCCCCCCCCc1cnc(-c2ccc(N=C=S)cc2)nc1. The molecular weight excluding hydrogens is 326 g/mol. The third kappa shape index (κ3) is 7.25. The summed E-state index contributed by atoms with van der Waals surface area (Å²) >= 11 is 4.61. The normalized spacial score (nSPS) is 10.4. The number of isothiocyanates is 1. The van der Waals surface area contributed by atoms with E-state index in [4.69, 9.17) is 0 Å². The van der Waals surface area contributed by atoms with Gasteiger partial charge in [0.25, 0.3) is 0 Å². The largest absolute Gasteiger partial charge is 0.236 e. The molecule has 1 heterocycles. The summed E-state index contributed by atoms with van der Waals surface area (Å²) in [7, 11) is 0. The van der Waals surface area contributed by atoms with Crippen molar-refractivity contribution in [3.63, 3.8) is 0 Å². The molecule has 4 heteroatoms. The number of aryl methyl sites for hydroxylation is 1. The van der Waals surface area contributed by atoms with Crippen LogP contribution in [0.25, 0.3) is 11.4 Å². The van der Waals surface area contributed by atoms with E-state index in [0.29, 0.717) is 0 Å². The fourth-order valence-electron chi connectivity index (χ4n) is 2.83. The summed E-state index contributed by atoms with van der Waals surface area (Å²) in [5, 5.41) is 2.37. The Balaban J connectivity index is 1.73. The van der Waals surface area contributed by atoms with Gasteiger partial charge in [0.05, 0.1) is 10.8 Å². The van der Waals surface area contributed by atoms with Crippen LogP contribution in [0.5, 0.6) is 0 Å². The van der Waals surface area contributed by atoms with Crippen molar-refractivity contribution >= 4 is 23.1 Å². The molecule has 25 heavy (non-hydrogen) atoms. The molecule has 0 radical (unpaired) electrons. The first kappa shape index (κ1) is 19.4.